The molecule has 0 spiro atoms. The number of benzene rings is 2. The summed E-state index contributed by atoms with van der Waals surface area (Å²) < 4.78 is 6.34. The van der Waals surface area contributed by atoms with E-state index in [0.29, 0.717) is 28.0 Å². The predicted molar refractivity (Wildman–Crippen MR) is 103 cm³/mol. The van der Waals surface area contributed by atoms with Gasteiger partial charge in [-0.1, -0.05) is 24.3 Å². The number of fused-ring (bicyclic) bond motifs is 1. The molecule has 0 aliphatic rings. The molecule has 28 heavy (non-hydrogen) atoms. The molecule has 0 amide bonds. The largest absolute Gasteiger partial charge is 0.478 e. The molecule has 138 valence electrons. The van der Waals surface area contributed by atoms with Crippen LogP contribution in [-0.4, -0.2) is 27.0 Å². The van der Waals surface area contributed by atoms with Crippen molar-refractivity contribution in [1.82, 2.24) is 9.66 Å². The minimum atomic E-state index is -1.04. The van der Waals surface area contributed by atoms with Gasteiger partial charge in [-0.3, -0.25) is 4.79 Å². The van der Waals surface area contributed by atoms with E-state index in [0.717, 1.165) is 4.68 Å². The zero-order valence-corrected chi connectivity index (χ0v) is 14.3. The van der Waals surface area contributed by atoms with Gasteiger partial charge in [-0.05, 0) is 36.4 Å². The lowest BCUT2D eigenvalue weighted by molar-refractivity contribution is 0.0697. The molecule has 4 aromatic rings. The maximum Gasteiger partial charge on any atom is 0.349 e. The summed E-state index contributed by atoms with van der Waals surface area (Å²) in [5, 5.41) is 13.3. The number of hydrogen-bond acceptors (Lipinski definition) is 5. The number of carbonyl (C=O) groups is 1. The number of nitrogens with one attached hydrogen (secondary N) is 1. The molecule has 2 aromatic carbocycles. The molecule has 2 N–H and O–H groups in total. The molecule has 0 bridgehead atoms. The van der Waals surface area contributed by atoms with E-state index in [4.69, 9.17) is 9.52 Å². The molecular weight excluding hydrogens is 362 g/mol. The van der Waals surface area contributed by atoms with Gasteiger partial charge >= 0.3 is 11.7 Å². The second-order valence-corrected chi connectivity index (χ2v) is 5.93. The monoisotopic (exact) mass is 375 g/mol. The number of rotatable bonds is 4. The Balaban J connectivity index is 1.68. The summed E-state index contributed by atoms with van der Waals surface area (Å²) in [6.45, 7) is 0. The van der Waals surface area contributed by atoms with Gasteiger partial charge < -0.3 is 14.5 Å². The van der Waals surface area contributed by atoms with E-state index in [1.165, 1.54) is 18.3 Å². The van der Waals surface area contributed by atoms with Crippen molar-refractivity contribution in [2.75, 3.05) is 0 Å². The van der Waals surface area contributed by atoms with Crippen molar-refractivity contribution in [1.29, 1.82) is 0 Å². The number of hydrogen-bond donors (Lipinski definition) is 2. The van der Waals surface area contributed by atoms with E-state index < -0.39 is 17.2 Å². The Labute approximate surface area is 157 Å². The van der Waals surface area contributed by atoms with Crippen LogP contribution in [0.3, 0.4) is 0 Å². The van der Waals surface area contributed by atoms with Crippen LogP contribution < -0.4 is 11.2 Å². The van der Waals surface area contributed by atoms with E-state index in [1.54, 1.807) is 48.5 Å². The van der Waals surface area contributed by atoms with Crippen LogP contribution in [-0.2, 0) is 0 Å². The minimum absolute atomic E-state index is 0.137. The Bertz CT molecular complexity index is 1340. The molecule has 0 fully saturated rings. The Morgan fingerprint density at radius 2 is 1.89 bits per heavy atom. The summed E-state index contributed by atoms with van der Waals surface area (Å²) in [4.78, 5) is 38.2. The molecule has 0 radical (unpaired) electrons. The van der Waals surface area contributed by atoms with Crippen molar-refractivity contribution in [3.63, 3.8) is 0 Å². The van der Waals surface area contributed by atoms with Gasteiger partial charge in [0.25, 0.3) is 5.56 Å². The first-order valence-corrected chi connectivity index (χ1v) is 8.25. The van der Waals surface area contributed by atoms with Crippen LogP contribution >= 0.6 is 0 Å². The fraction of sp³-hybridized carbons (Fsp3) is 0. The van der Waals surface area contributed by atoms with Gasteiger partial charge in [0.05, 0.1) is 22.7 Å². The van der Waals surface area contributed by atoms with Crippen LogP contribution in [0.2, 0.25) is 0 Å². The molecule has 0 saturated heterocycles. The number of nitrogens with zero attached hydrogens (tertiary/aromatic N) is 2. The molecule has 8 heteroatoms. The molecule has 0 unspecified atom stereocenters. The van der Waals surface area contributed by atoms with Crippen molar-refractivity contribution in [2.24, 2.45) is 5.10 Å². The first-order valence-electron chi connectivity index (χ1n) is 8.25. The van der Waals surface area contributed by atoms with E-state index >= 15 is 0 Å². The van der Waals surface area contributed by atoms with Crippen LogP contribution in [0.25, 0.3) is 22.2 Å². The molecule has 0 saturated carbocycles. The third-order valence-electron chi connectivity index (χ3n) is 4.11. The van der Waals surface area contributed by atoms with E-state index in [1.807, 2.05) is 0 Å². The van der Waals surface area contributed by atoms with Crippen molar-refractivity contribution in [3.05, 3.63) is 92.8 Å². The number of H-pyrrole nitrogens is 1. The van der Waals surface area contributed by atoms with Crippen molar-refractivity contribution >= 4 is 23.1 Å². The van der Waals surface area contributed by atoms with Gasteiger partial charge in [-0.2, -0.15) is 5.10 Å². The number of furan rings is 1. The maximum atomic E-state index is 12.4. The number of aromatic nitrogens is 2. The molecule has 8 nitrogen and oxygen atoms in total. The number of carboxylic acids is 1. The first kappa shape index (κ1) is 17.2. The Morgan fingerprint density at radius 1 is 1.07 bits per heavy atom. The third kappa shape index (κ3) is 3.14. The second-order valence-electron chi connectivity index (χ2n) is 5.93. The molecule has 0 atom stereocenters. The van der Waals surface area contributed by atoms with Gasteiger partial charge in [-0.15, -0.1) is 4.68 Å². The highest BCUT2D eigenvalue weighted by Gasteiger charge is 2.09. The van der Waals surface area contributed by atoms with Crippen molar-refractivity contribution in [3.8, 4) is 11.3 Å². The molecule has 0 aliphatic carbocycles. The molecule has 2 aromatic heterocycles. The fourth-order valence-electron chi connectivity index (χ4n) is 2.76. The quantitative estimate of drug-likeness (QED) is 0.532. The summed E-state index contributed by atoms with van der Waals surface area (Å²) in [6.07, 6.45) is 1.25. The average Bonchev–Trinajstić information content (AvgIpc) is 3.17. The molecular formula is C20H13N3O5. The Kier molecular flexibility index (Phi) is 4.21. The third-order valence-corrected chi connectivity index (χ3v) is 4.11. The second kappa shape index (κ2) is 6.84. The summed E-state index contributed by atoms with van der Waals surface area (Å²) >= 11 is 0. The highest BCUT2D eigenvalue weighted by molar-refractivity contribution is 5.89. The molecule has 4 rings (SSSR count). The van der Waals surface area contributed by atoms with E-state index in [-0.39, 0.29) is 5.56 Å². The lowest BCUT2D eigenvalue weighted by Crippen LogP contribution is -2.32. The Hall–Kier alpha value is -4.20. The predicted octanol–water partition coefficient (Wildman–Crippen LogP) is 2.53. The summed E-state index contributed by atoms with van der Waals surface area (Å²) in [6, 6.07) is 16.2. The van der Waals surface area contributed by atoms with E-state index in [2.05, 4.69) is 10.1 Å². The highest BCUT2D eigenvalue weighted by atomic mass is 16.4. The lowest BCUT2D eigenvalue weighted by atomic mass is 10.1. The topological polar surface area (TPSA) is 118 Å². The van der Waals surface area contributed by atoms with Crippen LogP contribution in [0.4, 0.5) is 0 Å². The van der Waals surface area contributed by atoms with Crippen LogP contribution in [0.15, 0.2) is 79.8 Å². The zero-order chi connectivity index (χ0) is 19.7. The lowest BCUT2D eigenvalue weighted by Gasteiger charge is -2.00. The highest BCUT2D eigenvalue weighted by Crippen LogP contribution is 2.22. The number of aromatic carboxylic acids is 1. The summed E-state index contributed by atoms with van der Waals surface area (Å²) in [7, 11) is 0. The van der Waals surface area contributed by atoms with Crippen molar-refractivity contribution in [2.45, 2.75) is 0 Å². The van der Waals surface area contributed by atoms with Gasteiger partial charge in [0.1, 0.15) is 11.5 Å². The first-order chi connectivity index (χ1) is 13.5. The Morgan fingerprint density at radius 3 is 2.71 bits per heavy atom. The summed E-state index contributed by atoms with van der Waals surface area (Å²) in [5.74, 6) is -0.301. The standard InChI is InChI=1S/C20H13N3O5/c24-18-15-6-1-2-7-16(15)22-20(27)23(18)21-11-14-8-9-17(28-14)12-4-3-5-13(10-12)19(25)26/h1-11H,(H,22,27)(H,25,26). The number of carboxylic acid groups (broad SMARTS) is 1. The van der Waals surface area contributed by atoms with Crippen LogP contribution in [0, 0.1) is 0 Å². The molecule has 2 heterocycles. The van der Waals surface area contributed by atoms with Gasteiger partial charge in [0.2, 0.25) is 0 Å². The van der Waals surface area contributed by atoms with Gasteiger partial charge in [0.15, 0.2) is 0 Å². The SMILES string of the molecule is O=C(O)c1cccc(-c2ccc(C=Nn3c(=O)[nH]c4ccccc4c3=O)o2)c1. The van der Waals surface area contributed by atoms with Crippen molar-refractivity contribution < 1.29 is 14.3 Å². The maximum absolute atomic E-state index is 12.4. The van der Waals surface area contributed by atoms with Crippen LogP contribution in [0.5, 0.6) is 0 Å². The number of para-hydroxylation sites is 1. The van der Waals surface area contributed by atoms with Gasteiger partial charge in [-0.25, -0.2) is 9.59 Å². The summed E-state index contributed by atoms with van der Waals surface area (Å²) in [5.41, 5.74) is -0.0568. The van der Waals surface area contributed by atoms with Gasteiger partial charge in [0, 0.05) is 5.56 Å². The van der Waals surface area contributed by atoms with Crippen LogP contribution in [0.1, 0.15) is 16.1 Å². The molecule has 0 aliphatic heterocycles. The normalized spacial score (nSPS) is 11.3. The fourth-order valence-corrected chi connectivity index (χ4v) is 2.76. The zero-order valence-electron chi connectivity index (χ0n) is 14.3. The minimum Gasteiger partial charge on any atom is -0.478 e. The smallest absolute Gasteiger partial charge is 0.349 e. The average molecular weight is 375 g/mol. The van der Waals surface area contributed by atoms with E-state index in [9.17, 15) is 14.4 Å². The number of aromatic amines is 1.